The van der Waals surface area contributed by atoms with E-state index in [4.69, 9.17) is 4.74 Å². The molecule has 19 heavy (non-hydrogen) atoms. The van der Waals surface area contributed by atoms with Crippen molar-refractivity contribution in [2.45, 2.75) is 19.6 Å². The van der Waals surface area contributed by atoms with Gasteiger partial charge in [0.1, 0.15) is 6.61 Å². The molecule has 0 fully saturated rings. The Balaban J connectivity index is 2.05. The Kier molecular flexibility index (Phi) is 4.56. The first kappa shape index (κ1) is 14.0. The molecule has 0 aliphatic heterocycles. The molecule has 2 aromatic rings. The van der Waals surface area contributed by atoms with E-state index in [0.29, 0.717) is 12.2 Å². The quantitative estimate of drug-likeness (QED) is 0.912. The zero-order chi connectivity index (χ0) is 13.8. The molecule has 0 unspecified atom stereocenters. The fourth-order valence-electron chi connectivity index (χ4n) is 1.64. The van der Waals surface area contributed by atoms with Crippen molar-refractivity contribution in [1.29, 1.82) is 0 Å². The van der Waals surface area contributed by atoms with Crippen LogP contribution in [0.2, 0.25) is 0 Å². The van der Waals surface area contributed by atoms with E-state index in [1.54, 1.807) is 13.0 Å². The van der Waals surface area contributed by atoms with Crippen molar-refractivity contribution in [3.05, 3.63) is 63.9 Å². The third-order valence-electron chi connectivity index (χ3n) is 2.75. The zero-order valence-corrected chi connectivity index (χ0v) is 12.0. The van der Waals surface area contributed by atoms with Crippen molar-refractivity contribution in [2.75, 3.05) is 0 Å². The van der Waals surface area contributed by atoms with Crippen LogP contribution in [-0.2, 0) is 6.61 Å². The Labute approximate surface area is 120 Å². The molecule has 0 aliphatic rings. The number of hydrogen-bond donors (Lipinski definition) is 1. The summed E-state index contributed by atoms with van der Waals surface area (Å²) in [6.45, 7) is 1.90. The van der Waals surface area contributed by atoms with Gasteiger partial charge in [0.15, 0.2) is 11.6 Å². The predicted octanol–water partition coefficient (Wildman–Crippen LogP) is 4.22. The smallest absolute Gasteiger partial charge is 0.165 e. The van der Waals surface area contributed by atoms with E-state index >= 15 is 0 Å². The van der Waals surface area contributed by atoms with Crippen LogP contribution in [0.5, 0.6) is 5.75 Å². The first-order valence-corrected chi connectivity index (χ1v) is 6.70. The monoisotopic (exact) mass is 324 g/mol. The maximum Gasteiger partial charge on any atom is 0.165 e. The van der Waals surface area contributed by atoms with Crippen LogP contribution in [0.15, 0.2) is 46.9 Å². The van der Waals surface area contributed by atoms with Crippen LogP contribution in [0.25, 0.3) is 0 Å². The van der Waals surface area contributed by atoms with Gasteiger partial charge in [-0.2, -0.15) is 0 Å². The third kappa shape index (κ3) is 3.78. The van der Waals surface area contributed by atoms with Gasteiger partial charge in [-0.15, -0.1) is 0 Å². The minimum atomic E-state index is -0.685. The van der Waals surface area contributed by atoms with E-state index in [1.807, 2.05) is 24.3 Å². The lowest BCUT2D eigenvalue weighted by molar-refractivity contribution is 0.198. The van der Waals surface area contributed by atoms with Crippen LogP contribution in [0.4, 0.5) is 4.39 Å². The Morgan fingerprint density at radius 2 is 1.89 bits per heavy atom. The van der Waals surface area contributed by atoms with Gasteiger partial charge in [-0.05, 0) is 42.3 Å². The molecule has 0 spiro atoms. The van der Waals surface area contributed by atoms with Crippen LogP contribution in [0.1, 0.15) is 24.2 Å². The van der Waals surface area contributed by atoms with Crippen LogP contribution in [0, 0.1) is 5.82 Å². The number of aliphatic hydroxyl groups is 1. The molecule has 100 valence electrons. The SMILES string of the molecule is C[C@H](O)c1ccc(OCc2ccc(Br)cc2)c(F)c1. The summed E-state index contributed by atoms with van der Waals surface area (Å²) in [5, 5.41) is 9.36. The molecule has 4 heteroatoms. The fraction of sp³-hybridized carbons (Fsp3) is 0.200. The average molecular weight is 325 g/mol. The number of ether oxygens (including phenoxy) is 1. The van der Waals surface area contributed by atoms with Crippen molar-refractivity contribution < 1.29 is 14.2 Å². The molecule has 0 saturated carbocycles. The number of halogens is 2. The molecule has 2 rings (SSSR count). The van der Waals surface area contributed by atoms with Gasteiger partial charge in [0.05, 0.1) is 6.10 Å². The summed E-state index contributed by atoms with van der Waals surface area (Å²) in [5.74, 6) is -0.275. The highest BCUT2D eigenvalue weighted by Crippen LogP contribution is 2.23. The van der Waals surface area contributed by atoms with Crippen molar-refractivity contribution in [2.24, 2.45) is 0 Å². The topological polar surface area (TPSA) is 29.5 Å². The first-order chi connectivity index (χ1) is 9.06. The van der Waals surface area contributed by atoms with E-state index in [2.05, 4.69) is 15.9 Å². The van der Waals surface area contributed by atoms with Gasteiger partial charge >= 0.3 is 0 Å². The minimum Gasteiger partial charge on any atom is -0.486 e. The van der Waals surface area contributed by atoms with Crippen LogP contribution >= 0.6 is 15.9 Å². The molecular weight excluding hydrogens is 311 g/mol. The molecule has 0 amide bonds. The molecule has 2 nitrogen and oxygen atoms in total. The summed E-state index contributed by atoms with van der Waals surface area (Å²) in [4.78, 5) is 0. The molecule has 2 aromatic carbocycles. The summed E-state index contributed by atoms with van der Waals surface area (Å²) in [6, 6.07) is 12.1. The second kappa shape index (κ2) is 6.17. The van der Waals surface area contributed by atoms with Crippen molar-refractivity contribution in [1.82, 2.24) is 0 Å². The van der Waals surface area contributed by atoms with E-state index < -0.39 is 11.9 Å². The summed E-state index contributed by atoms with van der Waals surface area (Å²) in [7, 11) is 0. The molecule has 0 radical (unpaired) electrons. The van der Waals surface area contributed by atoms with Gasteiger partial charge in [0.25, 0.3) is 0 Å². The highest BCUT2D eigenvalue weighted by molar-refractivity contribution is 9.10. The van der Waals surface area contributed by atoms with Crippen LogP contribution < -0.4 is 4.74 Å². The average Bonchev–Trinajstić information content (AvgIpc) is 2.39. The molecule has 0 heterocycles. The number of hydrogen-bond acceptors (Lipinski definition) is 2. The Hall–Kier alpha value is -1.39. The van der Waals surface area contributed by atoms with Crippen molar-refractivity contribution in [3.63, 3.8) is 0 Å². The summed E-state index contributed by atoms with van der Waals surface area (Å²) >= 11 is 3.35. The van der Waals surface area contributed by atoms with Gasteiger partial charge in [0, 0.05) is 4.47 Å². The summed E-state index contributed by atoms with van der Waals surface area (Å²) in [5.41, 5.74) is 1.50. The van der Waals surface area contributed by atoms with Gasteiger partial charge in [0.2, 0.25) is 0 Å². The van der Waals surface area contributed by atoms with E-state index in [-0.39, 0.29) is 5.75 Å². The van der Waals surface area contributed by atoms with Gasteiger partial charge in [-0.3, -0.25) is 0 Å². The van der Waals surface area contributed by atoms with E-state index in [9.17, 15) is 9.50 Å². The fourth-order valence-corrected chi connectivity index (χ4v) is 1.90. The lowest BCUT2D eigenvalue weighted by Crippen LogP contribution is -1.99. The van der Waals surface area contributed by atoms with Gasteiger partial charge in [-0.25, -0.2) is 4.39 Å². The molecule has 1 atom stereocenters. The highest BCUT2D eigenvalue weighted by Gasteiger charge is 2.08. The largest absolute Gasteiger partial charge is 0.486 e. The van der Waals surface area contributed by atoms with Gasteiger partial charge in [-0.1, -0.05) is 34.1 Å². The Morgan fingerprint density at radius 3 is 2.47 bits per heavy atom. The molecular formula is C15H14BrFO2. The second-order valence-corrected chi connectivity index (χ2v) is 5.20. The minimum absolute atomic E-state index is 0.187. The number of rotatable bonds is 4. The molecule has 0 bridgehead atoms. The zero-order valence-electron chi connectivity index (χ0n) is 10.4. The maximum absolute atomic E-state index is 13.7. The van der Waals surface area contributed by atoms with Gasteiger partial charge < -0.3 is 9.84 Å². The molecule has 1 N–H and O–H groups in total. The van der Waals surface area contributed by atoms with Crippen molar-refractivity contribution >= 4 is 15.9 Å². The standard InChI is InChI=1S/C15H14BrFO2/c1-10(18)12-4-7-15(14(17)8-12)19-9-11-2-5-13(16)6-3-11/h2-8,10,18H,9H2,1H3/t10-/m0/s1. The summed E-state index contributed by atoms with van der Waals surface area (Å²) < 4.78 is 20.1. The highest BCUT2D eigenvalue weighted by atomic mass is 79.9. The first-order valence-electron chi connectivity index (χ1n) is 5.91. The normalized spacial score (nSPS) is 12.2. The van der Waals surface area contributed by atoms with Crippen LogP contribution in [-0.4, -0.2) is 5.11 Å². The lowest BCUT2D eigenvalue weighted by Gasteiger charge is -2.10. The lowest BCUT2D eigenvalue weighted by atomic mass is 10.1. The molecule has 0 aliphatic carbocycles. The van der Waals surface area contributed by atoms with E-state index in [0.717, 1.165) is 10.0 Å². The molecule has 0 saturated heterocycles. The third-order valence-corrected chi connectivity index (χ3v) is 3.27. The Bertz CT molecular complexity index is 553. The van der Waals surface area contributed by atoms with Crippen LogP contribution in [0.3, 0.4) is 0 Å². The number of aliphatic hydroxyl groups excluding tert-OH is 1. The Morgan fingerprint density at radius 1 is 1.21 bits per heavy atom. The summed E-state index contributed by atoms with van der Waals surface area (Å²) in [6.07, 6.45) is -0.685. The maximum atomic E-state index is 13.7. The van der Waals surface area contributed by atoms with Crippen molar-refractivity contribution in [3.8, 4) is 5.75 Å². The predicted molar refractivity (Wildman–Crippen MR) is 75.5 cm³/mol. The second-order valence-electron chi connectivity index (χ2n) is 4.28. The molecule has 0 aromatic heterocycles. The number of benzene rings is 2. The van der Waals surface area contributed by atoms with E-state index in [1.165, 1.54) is 12.1 Å².